The fourth-order valence-corrected chi connectivity index (χ4v) is 2.53. The van der Waals surface area contributed by atoms with E-state index in [2.05, 4.69) is 10.4 Å². The first-order valence-electron chi connectivity index (χ1n) is 8.86. The van der Waals surface area contributed by atoms with Gasteiger partial charge in [0.25, 0.3) is 5.91 Å². The zero-order valence-corrected chi connectivity index (χ0v) is 15.1. The summed E-state index contributed by atoms with van der Waals surface area (Å²) < 4.78 is 13.1. The van der Waals surface area contributed by atoms with E-state index in [1.54, 1.807) is 29.2 Å². The molecule has 0 aliphatic rings. The van der Waals surface area contributed by atoms with Gasteiger partial charge in [-0.1, -0.05) is 26.0 Å². The van der Waals surface area contributed by atoms with E-state index in [1.807, 2.05) is 38.1 Å². The predicted octanol–water partition coefficient (Wildman–Crippen LogP) is 4.00. The van der Waals surface area contributed by atoms with Gasteiger partial charge in [0.2, 0.25) is 0 Å². The van der Waals surface area contributed by atoms with Crippen LogP contribution in [0.5, 0.6) is 11.5 Å². The lowest BCUT2D eigenvalue weighted by atomic mass is 10.2. The average molecular weight is 353 g/mol. The molecule has 0 saturated heterocycles. The van der Waals surface area contributed by atoms with Gasteiger partial charge in [0.1, 0.15) is 6.33 Å². The molecule has 136 valence electrons. The van der Waals surface area contributed by atoms with Crippen molar-refractivity contribution in [3.63, 3.8) is 0 Å². The molecule has 3 rings (SSSR count). The lowest BCUT2D eigenvalue weighted by Crippen LogP contribution is -2.22. The summed E-state index contributed by atoms with van der Waals surface area (Å²) in [7, 11) is 0. The van der Waals surface area contributed by atoms with Gasteiger partial charge in [-0.25, -0.2) is 9.66 Å². The number of aromatic nitrogens is 2. The summed E-state index contributed by atoms with van der Waals surface area (Å²) in [5.41, 5.74) is 5.01. The molecule has 1 N–H and O–H groups in total. The number of carbonyl (C=O) groups excluding carboxylic acids is 1. The van der Waals surface area contributed by atoms with Crippen molar-refractivity contribution in [2.24, 2.45) is 0 Å². The highest BCUT2D eigenvalue weighted by molar-refractivity contribution is 6.01. The van der Waals surface area contributed by atoms with Crippen molar-refractivity contribution >= 4 is 16.9 Å². The first kappa shape index (κ1) is 17.8. The summed E-state index contributed by atoms with van der Waals surface area (Å²) in [4.78, 5) is 16.9. The third-order valence-electron chi connectivity index (χ3n) is 3.80. The molecule has 0 aliphatic heterocycles. The molecule has 0 radical (unpaired) electrons. The van der Waals surface area contributed by atoms with Gasteiger partial charge in [-0.3, -0.25) is 10.2 Å². The Kier molecular flexibility index (Phi) is 5.73. The van der Waals surface area contributed by atoms with E-state index >= 15 is 0 Å². The summed E-state index contributed by atoms with van der Waals surface area (Å²) in [6, 6.07) is 12.8. The molecule has 0 fully saturated rings. The second kappa shape index (κ2) is 8.38. The fraction of sp³-hybridized carbons (Fsp3) is 0.300. The summed E-state index contributed by atoms with van der Waals surface area (Å²) in [6.07, 6.45) is 3.38. The number of benzene rings is 2. The molecule has 0 spiro atoms. The van der Waals surface area contributed by atoms with Crippen LogP contribution in [0.4, 0.5) is 0 Å². The molecule has 1 heterocycles. The molecule has 3 aromatic rings. The van der Waals surface area contributed by atoms with Crippen LogP contribution in [0, 0.1) is 0 Å². The Morgan fingerprint density at radius 3 is 2.54 bits per heavy atom. The number of hydrogen-bond donors (Lipinski definition) is 1. The molecule has 0 atom stereocenters. The second-order valence-electron chi connectivity index (χ2n) is 5.90. The van der Waals surface area contributed by atoms with Crippen molar-refractivity contribution in [3.05, 3.63) is 54.4 Å². The minimum Gasteiger partial charge on any atom is -0.490 e. The monoisotopic (exact) mass is 353 g/mol. The van der Waals surface area contributed by atoms with Crippen LogP contribution in [0.25, 0.3) is 11.0 Å². The van der Waals surface area contributed by atoms with Crippen LogP contribution >= 0.6 is 0 Å². The summed E-state index contributed by atoms with van der Waals surface area (Å²) in [5.74, 6) is 1.00. The number of amides is 1. The maximum atomic E-state index is 12.7. The molecule has 1 aromatic heterocycles. The molecule has 2 aromatic carbocycles. The Balaban J connectivity index is 1.81. The van der Waals surface area contributed by atoms with Crippen LogP contribution in [0.1, 0.15) is 37.0 Å². The van der Waals surface area contributed by atoms with Crippen LogP contribution < -0.4 is 14.9 Å². The van der Waals surface area contributed by atoms with E-state index in [9.17, 15) is 4.79 Å². The van der Waals surface area contributed by atoms with Crippen molar-refractivity contribution in [2.45, 2.75) is 26.7 Å². The van der Waals surface area contributed by atoms with Crippen molar-refractivity contribution in [2.75, 3.05) is 18.6 Å². The highest BCUT2D eigenvalue weighted by Gasteiger charge is 2.13. The van der Waals surface area contributed by atoms with Gasteiger partial charge in [-0.05, 0) is 43.2 Å². The number of nitrogens with one attached hydrogen (secondary N) is 1. The van der Waals surface area contributed by atoms with Crippen LogP contribution in [-0.4, -0.2) is 28.8 Å². The lowest BCUT2D eigenvalue weighted by molar-refractivity contribution is 0.101. The number of nitrogens with zero attached hydrogens (tertiary/aromatic N) is 2. The molecular formula is C20H23N3O3. The van der Waals surface area contributed by atoms with Gasteiger partial charge in [0.15, 0.2) is 11.5 Å². The maximum absolute atomic E-state index is 12.7. The topological polar surface area (TPSA) is 65.4 Å². The van der Waals surface area contributed by atoms with E-state index in [-0.39, 0.29) is 5.91 Å². The minimum atomic E-state index is -0.239. The highest BCUT2D eigenvalue weighted by atomic mass is 16.5. The van der Waals surface area contributed by atoms with E-state index in [0.717, 1.165) is 23.9 Å². The number of rotatable bonds is 8. The normalized spacial score (nSPS) is 10.7. The number of hydrogen-bond acceptors (Lipinski definition) is 4. The van der Waals surface area contributed by atoms with Crippen LogP contribution in [-0.2, 0) is 0 Å². The third kappa shape index (κ3) is 3.96. The largest absolute Gasteiger partial charge is 0.490 e. The lowest BCUT2D eigenvalue weighted by Gasteiger charge is -2.14. The number of imidazole rings is 1. The average Bonchev–Trinajstić information content (AvgIpc) is 3.08. The molecular weight excluding hydrogens is 330 g/mol. The molecule has 0 bridgehead atoms. The number of fused-ring (bicyclic) bond motifs is 1. The Morgan fingerprint density at radius 2 is 1.77 bits per heavy atom. The smallest absolute Gasteiger partial charge is 0.270 e. The Bertz CT molecular complexity index is 889. The fourth-order valence-electron chi connectivity index (χ4n) is 2.53. The SMILES string of the molecule is CCCOc1ccc(C(=O)Nn2cnc3ccccc32)cc1OCCC. The number of ether oxygens (including phenoxy) is 2. The minimum absolute atomic E-state index is 0.239. The summed E-state index contributed by atoms with van der Waals surface area (Å²) in [6.45, 7) is 5.26. The van der Waals surface area contributed by atoms with Crippen LogP contribution in [0.15, 0.2) is 48.8 Å². The first-order valence-corrected chi connectivity index (χ1v) is 8.86. The predicted molar refractivity (Wildman–Crippen MR) is 101 cm³/mol. The van der Waals surface area contributed by atoms with Gasteiger partial charge >= 0.3 is 0 Å². The molecule has 0 aliphatic carbocycles. The zero-order valence-electron chi connectivity index (χ0n) is 15.1. The van der Waals surface area contributed by atoms with Crippen molar-refractivity contribution in [1.82, 2.24) is 9.66 Å². The van der Waals surface area contributed by atoms with Crippen molar-refractivity contribution < 1.29 is 14.3 Å². The maximum Gasteiger partial charge on any atom is 0.270 e. The highest BCUT2D eigenvalue weighted by Crippen LogP contribution is 2.29. The molecule has 26 heavy (non-hydrogen) atoms. The quantitative estimate of drug-likeness (QED) is 0.665. The second-order valence-corrected chi connectivity index (χ2v) is 5.90. The zero-order chi connectivity index (χ0) is 18.4. The molecule has 0 unspecified atom stereocenters. The third-order valence-corrected chi connectivity index (χ3v) is 3.80. The van der Waals surface area contributed by atoms with E-state index in [0.29, 0.717) is 30.3 Å². The van der Waals surface area contributed by atoms with Gasteiger partial charge in [-0.15, -0.1) is 0 Å². The van der Waals surface area contributed by atoms with Gasteiger partial charge in [-0.2, -0.15) is 0 Å². The van der Waals surface area contributed by atoms with Gasteiger partial charge in [0.05, 0.1) is 24.2 Å². The van der Waals surface area contributed by atoms with Crippen LogP contribution in [0.3, 0.4) is 0 Å². The standard InChI is InChI=1S/C20H23N3O3/c1-3-11-25-18-10-9-15(13-19(18)26-12-4-2)20(24)22-23-14-21-16-7-5-6-8-17(16)23/h5-10,13-14H,3-4,11-12H2,1-2H3,(H,22,24). The molecule has 0 saturated carbocycles. The summed E-state index contributed by atoms with van der Waals surface area (Å²) >= 11 is 0. The van der Waals surface area contributed by atoms with E-state index in [1.165, 1.54) is 0 Å². The molecule has 6 nitrogen and oxygen atoms in total. The van der Waals surface area contributed by atoms with E-state index < -0.39 is 0 Å². The molecule has 6 heteroatoms. The van der Waals surface area contributed by atoms with Crippen molar-refractivity contribution in [3.8, 4) is 11.5 Å². The Labute approximate surface area is 152 Å². The van der Waals surface area contributed by atoms with Crippen molar-refractivity contribution in [1.29, 1.82) is 0 Å². The summed E-state index contributed by atoms with van der Waals surface area (Å²) in [5, 5.41) is 0. The van der Waals surface area contributed by atoms with Gasteiger partial charge in [0, 0.05) is 5.56 Å². The number of carbonyl (C=O) groups is 1. The Morgan fingerprint density at radius 1 is 1.04 bits per heavy atom. The first-order chi connectivity index (χ1) is 12.7. The Hall–Kier alpha value is -3.02. The number of para-hydroxylation sites is 2. The van der Waals surface area contributed by atoms with Gasteiger partial charge < -0.3 is 9.47 Å². The molecule has 1 amide bonds. The van der Waals surface area contributed by atoms with Crippen LogP contribution in [0.2, 0.25) is 0 Å². The van der Waals surface area contributed by atoms with E-state index in [4.69, 9.17) is 9.47 Å².